The molecule has 12 heavy (non-hydrogen) atoms. The number of hydrogen-bond donors (Lipinski definition) is 0. The van der Waals surface area contributed by atoms with Crippen LogP contribution in [0.4, 0.5) is 0 Å². The minimum absolute atomic E-state index is 0.210. The van der Waals surface area contributed by atoms with E-state index < -0.39 is 0 Å². The van der Waals surface area contributed by atoms with E-state index in [4.69, 9.17) is 29.8 Å². The summed E-state index contributed by atoms with van der Waals surface area (Å²) in [6.45, 7) is 5.48. The molecule has 1 aliphatic rings. The minimum atomic E-state index is 0.210. The van der Waals surface area contributed by atoms with Gasteiger partial charge in [-0.2, -0.15) is 0 Å². The molecule has 0 aliphatic carbocycles. The maximum atomic E-state index is 5.69. The van der Waals surface area contributed by atoms with Crippen LogP contribution in [0, 0.1) is 6.58 Å². The molecule has 1 aliphatic heterocycles. The number of nitrogens with zero attached hydrogens (tertiary/aromatic N) is 3. The zero-order valence-electron chi connectivity index (χ0n) is 5.66. The standard InChI is InChI=1S/C6H2Cl2N3.W/c1-4-5(9-2-7)6(8)11-3-10-4;/h1,3H;/q-1;. The fraction of sp³-hybridized carbons (Fsp3) is 0. The Kier molecular flexibility index (Phi) is 3.50. The number of allylic oxidation sites excluding steroid dienone is 1. The first-order valence-corrected chi connectivity index (χ1v) is 5.00. The van der Waals surface area contributed by atoms with Crippen LogP contribution in [0.5, 0.6) is 0 Å². The molecule has 0 bridgehead atoms. The average Bonchev–Trinajstić information content (AvgIpc) is 1.97. The van der Waals surface area contributed by atoms with Gasteiger partial charge >= 0.3 is 90.5 Å². The van der Waals surface area contributed by atoms with Crippen LogP contribution in [0.15, 0.2) is 20.7 Å². The van der Waals surface area contributed by atoms with Crippen LogP contribution in [0.25, 0.3) is 0 Å². The van der Waals surface area contributed by atoms with E-state index in [2.05, 4.69) is 15.0 Å². The summed E-state index contributed by atoms with van der Waals surface area (Å²) in [5.41, 5.74) is 0.563. The van der Waals surface area contributed by atoms with Gasteiger partial charge in [-0.05, 0) is 0 Å². The zero-order chi connectivity index (χ0) is 9.14. The van der Waals surface area contributed by atoms with E-state index in [1.165, 1.54) is 6.34 Å². The van der Waals surface area contributed by atoms with Gasteiger partial charge in [-0.25, -0.2) is 0 Å². The maximum absolute atomic E-state index is 5.69. The van der Waals surface area contributed by atoms with Gasteiger partial charge in [0, 0.05) is 0 Å². The Hall–Kier alpha value is -0.112. The first kappa shape index (κ1) is 9.97. The van der Waals surface area contributed by atoms with Crippen molar-refractivity contribution in [2.24, 2.45) is 15.0 Å². The molecule has 1 heterocycles. The molecule has 0 aromatic rings. The van der Waals surface area contributed by atoms with Crippen LogP contribution in [0.1, 0.15) is 0 Å². The van der Waals surface area contributed by atoms with Crippen molar-refractivity contribution in [2.45, 2.75) is 0 Å². The summed E-state index contributed by atoms with van der Waals surface area (Å²) in [5.74, 6) is 0. The molecular formula is C6H2Cl2N3W-. The molecule has 0 unspecified atom stereocenters. The van der Waals surface area contributed by atoms with Gasteiger partial charge in [0.05, 0.1) is 0 Å². The van der Waals surface area contributed by atoms with Crippen molar-refractivity contribution in [1.29, 1.82) is 0 Å². The molecule has 0 amide bonds. The van der Waals surface area contributed by atoms with E-state index in [0.29, 0.717) is 9.19 Å². The van der Waals surface area contributed by atoms with Crippen molar-refractivity contribution in [3.8, 4) is 0 Å². The molecule has 3 nitrogen and oxygen atoms in total. The number of halogens is 2. The van der Waals surface area contributed by atoms with Crippen LogP contribution < -0.4 is 0 Å². The van der Waals surface area contributed by atoms with Gasteiger partial charge in [0.15, 0.2) is 0 Å². The summed E-state index contributed by atoms with van der Waals surface area (Å²) in [4.78, 5) is 11.3. The first-order chi connectivity index (χ1) is 5.61. The predicted molar refractivity (Wildman–Crippen MR) is 47.9 cm³/mol. The third-order valence-corrected chi connectivity index (χ3v) is 1.69. The average molecular weight is 371 g/mol. The summed E-state index contributed by atoms with van der Waals surface area (Å²) in [5, 5.41) is 0.210. The summed E-state index contributed by atoms with van der Waals surface area (Å²) in [6, 6.07) is 0. The Morgan fingerprint density at radius 1 is 1.67 bits per heavy atom. The zero-order valence-corrected chi connectivity index (χ0v) is 10.1. The normalized spacial score (nSPS) is 19.7. The second-order valence-corrected chi connectivity index (χ2v) is 4.76. The van der Waals surface area contributed by atoms with Crippen LogP contribution in [-0.4, -0.2) is 20.7 Å². The van der Waals surface area contributed by atoms with E-state index in [1.54, 1.807) is 0 Å². The Labute approximate surface area is 90.3 Å². The Morgan fingerprint density at radius 2 is 2.33 bits per heavy atom. The van der Waals surface area contributed by atoms with E-state index in [9.17, 15) is 0 Å². The fourth-order valence-electron chi connectivity index (χ4n) is 0.561. The summed E-state index contributed by atoms with van der Waals surface area (Å²) < 4.78 is 0.415. The number of aliphatic imine (C=N–C) groups is 3. The molecule has 0 aromatic carbocycles. The van der Waals surface area contributed by atoms with Gasteiger partial charge in [0.1, 0.15) is 0 Å². The molecule has 0 atom stereocenters. The van der Waals surface area contributed by atoms with Crippen molar-refractivity contribution in [3.63, 3.8) is 0 Å². The molecule has 0 aromatic heterocycles. The van der Waals surface area contributed by atoms with Gasteiger partial charge in [0.25, 0.3) is 0 Å². The van der Waals surface area contributed by atoms with Gasteiger partial charge in [0.2, 0.25) is 0 Å². The monoisotopic (exact) mass is 370 g/mol. The van der Waals surface area contributed by atoms with Gasteiger partial charge in [-0.15, -0.1) is 0 Å². The van der Waals surface area contributed by atoms with E-state index in [0.717, 1.165) is 19.4 Å². The second kappa shape index (κ2) is 4.22. The second-order valence-electron chi connectivity index (χ2n) is 1.76. The third-order valence-electron chi connectivity index (χ3n) is 1.01. The molecule has 0 N–H and O–H groups in total. The molecule has 6 heteroatoms. The molecule has 0 spiro atoms. The van der Waals surface area contributed by atoms with Crippen LogP contribution in [-0.2, 0) is 19.4 Å². The summed E-state index contributed by atoms with van der Waals surface area (Å²) >= 11 is 12.3. The Morgan fingerprint density at radius 3 is 2.83 bits per heavy atom. The predicted octanol–water partition coefficient (Wildman–Crippen LogP) is 1.30. The third kappa shape index (κ3) is 2.44. The quantitative estimate of drug-likeness (QED) is 0.493. The molecule has 0 saturated heterocycles. The molecule has 1 rings (SSSR count). The van der Waals surface area contributed by atoms with Gasteiger partial charge in [-0.1, -0.05) is 0 Å². The van der Waals surface area contributed by atoms with E-state index in [1.807, 2.05) is 0 Å². The number of rotatable bonds is 1. The first-order valence-electron chi connectivity index (χ1n) is 2.78. The Balaban J connectivity index is 3.05. The SMILES string of the molecule is [CH-]=C1N=CN=C(Cl)/C1=N/[C](Cl)=[W]. The Bertz CT molecular complexity index is 330. The molecular weight excluding hydrogens is 369 g/mol. The van der Waals surface area contributed by atoms with Crippen LogP contribution in [0.2, 0.25) is 0 Å². The van der Waals surface area contributed by atoms with Crippen molar-refractivity contribution in [1.82, 2.24) is 0 Å². The van der Waals surface area contributed by atoms with Gasteiger partial charge in [-0.3, -0.25) is 0 Å². The number of hydrogen-bond acceptors (Lipinski definition) is 3. The molecule has 0 saturated carbocycles. The topological polar surface area (TPSA) is 37.1 Å². The molecule has 0 fully saturated rings. The molecule has 62 valence electrons. The summed E-state index contributed by atoms with van der Waals surface area (Å²) in [7, 11) is 0. The van der Waals surface area contributed by atoms with Crippen molar-refractivity contribution >= 4 is 43.9 Å². The van der Waals surface area contributed by atoms with E-state index in [-0.39, 0.29) is 10.9 Å². The van der Waals surface area contributed by atoms with Crippen LogP contribution >= 0.6 is 23.2 Å². The summed E-state index contributed by atoms with van der Waals surface area (Å²) in [6.07, 6.45) is 1.27. The van der Waals surface area contributed by atoms with Crippen molar-refractivity contribution in [2.75, 3.05) is 0 Å². The van der Waals surface area contributed by atoms with Crippen LogP contribution in [0.3, 0.4) is 0 Å². The fourth-order valence-corrected chi connectivity index (χ4v) is 1.16. The molecule has 0 radical (unpaired) electrons. The van der Waals surface area contributed by atoms with Crippen molar-refractivity contribution < 1.29 is 19.4 Å². The van der Waals surface area contributed by atoms with E-state index >= 15 is 0 Å². The van der Waals surface area contributed by atoms with Crippen molar-refractivity contribution in [3.05, 3.63) is 12.3 Å². The van der Waals surface area contributed by atoms with Gasteiger partial charge < -0.3 is 0 Å².